The summed E-state index contributed by atoms with van der Waals surface area (Å²) in [5, 5.41) is 3.02. The van der Waals surface area contributed by atoms with Crippen molar-refractivity contribution in [3.05, 3.63) is 24.3 Å². The average Bonchev–Trinajstić information content (AvgIpc) is 2.16. The Balaban J connectivity index is 2.53. The van der Waals surface area contributed by atoms with Crippen molar-refractivity contribution in [1.29, 1.82) is 0 Å². The highest BCUT2D eigenvalue weighted by Gasteiger charge is 2.23. The van der Waals surface area contributed by atoms with E-state index in [4.69, 9.17) is 5.73 Å². The molecule has 5 nitrogen and oxygen atoms in total. The highest BCUT2D eigenvalue weighted by Crippen LogP contribution is 2.02. The zero-order valence-electron chi connectivity index (χ0n) is 8.32. The van der Waals surface area contributed by atoms with Crippen LogP contribution >= 0.6 is 0 Å². The SMILES string of the molecule is CC(C)(NCc1cncnc1)C(N)=O. The molecule has 0 bridgehead atoms. The molecule has 1 rings (SSSR count). The summed E-state index contributed by atoms with van der Waals surface area (Å²) in [4.78, 5) is 18.7. The minimum atomic E-state index is -0.712. The van der Waals surface area contributed by atoms with E-state index in [1.54, 1.807) is 26.2 Å². The Labute approximate surface area is 82.7 Å². The molecule has 0 aromatic carbocycles. The van der Waals surface area contributed by atoms with Crippen LogP contribution in [0.4, 0.5) is 0 Å². The number of nitrogens with two attached hydrogens (primary N) is 1. The van der Waals surface area contributed by atoms with Gasteiger partial charge in [0.25, 0.3) is 0 Å². The first-order valence-electron chi connectivity index (χ1n) is 4.31. The fourth-order valence-corrected chi connectivity index (χ4v) is 0.831. The number of hydrogen-bond donors (Lipinski definition) is 2. The third-order valence-corrected chi connectivity index (χ3v) is 1.96. The predicted octanol–water partition coefficient (Wildman–Crippen LogP) is -0.170. The van der Waals surface area contributed by atoms with Crippen molar-refractivity contribution < 1.29 is 4.79 Å². The van der Waals surface area contributed by atoms with Gasteiger partial charge in [0, 0.05) is 24.5 Å². The molecule has 0 aliphatic heterocycles. The molecule has 1 amide bonds. The van der Waals surface area contributed by atoms with Crippen LogP contribution in [-0.4, -0.2) is 21.4 Å². The van der Waals surface area contributed by atoms with Crippen molar-refractivity contribution in [2.75, 3.05) is 0 Å². The third-order valence-electron chi connectivity index (χ3n) is 1.96. The van der Waals surface area contributed by atoms with Gasteiger partial charge in [0.05, 0.1) is 5.54 Å². The largest absolute Gasteiger partial charge is 0.368 e. The van der Waals surface area contributed by atoms with E-state index >= 15 is 0 Å². The van der Waals surface area contributed by atoms with Crippen molar-refractivity contribution in [3.63, 3.8) is 0 Å². The Morgan fingerprint density at radius 2 is 2.07 bits per heavy atom. The highest BCUT2D eigenvalue weighted by atomic mass is 16.1. The molecular weight excluding hydrogens is 180 g/mol. The van der Waals surface area contributed by atoms with Crippen molar-refractivity contribution >= 4 is 5.91 Å². The van der Waals surface area contributed by atoms with Gasteiger partial charge in [0.15, 0.2) is 0 Å². The van der Waals surface area contributed by atoms with Gasteiger partial charge >= 0.3 is 0 Å². The van der Waals surface area contributed by atoms with E-state index in [2.05, 4.69) is 15.3 Å². The Hall–Kier alpha value is -1.49. The van der Waals surface area contributed by atoms with Crippen molar-refractivity contribution in [2.24, 2.45) is 5.73 Å². The van der Waals surface area contributed by atoms with Gasteiger partial charge in [-0.25, -0.2) is 9.97 Å². The van der Waals surface area contributed by atoms with Crippen LogP contribution in [0.1, 0.15) is 19.4 Å². The normalized spacial score (nSPS) is 11.3. The summed E-state index contributed by atoms with van der Waals surface area (Å²) < 4.78 is 0. The molecule has 0 saturated heterocycles. The molecule has 0 fully saturated rings. The van der Waals surface area contributed by atoms with E-state index < -0.39 is 5.54 Å². The van der Waals surface area contributed by atoms with Gasteiger partial charge in [-0.3, -0.25) is 10.1 Å². The third kappa shape index (κ3) is 2.77. The van der Waals surface area contributed by atoms with Crippen LogP contribution in [0.3, 0.4) is 0 Å². The van der Waals surface area contributed by atoms with Crippen LogP contribution in [0.25, 0.3) is 0 Å². The lowest BCUT2D eigenvalue weighted by atomic mass is 10.1. The number of primary amides is 1. The summed E-state index contributed by atoms with van der Waals surface area (Å²) in [6, 6.07) is 0. The molecule has 1 aromatic rings. The highest BCUT2D eigenvalue weighted by molar-refractivity contribution is 5.83. The fourth-order valence-electron chi connectivity index (χ4n) is 0.831. The van der Waals surface area contributed by atoms with Crippen LogP contribution < -0.4 is 11.1 Å². The second kappa shape index (κ2) is 4.15. The first-order valence-corrected chi connectivity index (χ1v) is 4.31. The van der Waals surface area contributed by atoms with Gasteiger partial charge in [-0.05, 0) is 13.8 Å². The van der Waals surface area contributed by atoms with Crippen molar-refractivity contribution in [2.45, 2.75) is 25.9 Å². The molecule has 1 aromatic heterocycles. The van der Waals surface area contributed by atoms with Crippen molar-refractivity contribution in [1.82, 2.24) is 15.3 Å². The van der Waals surface area contributed by atoms with Crippen LogP contribution in [-0.2, 0) is 11.3 Å². The summed E-state index contributed by atoms with van der Waals surface area (Å²) in [5.74, 6) is -0.380. The quantitative estimate of drug-likeness (QED) is 0.697. The molecule has 0 atom stereocenters. The number of nitrogens with one attached hydrogen (secondary N) is 1. The van der Waals surface area contributed by atoms with Crippen LogP contribution in [0.5, 0.6) is 0 Å². The molecule has 0 aliphatic rings. The maximum atomic E-state index is 11.0. The number of amides is 1. The zero-order chi connectivity index (χ0) is 10.6. The monoisotopic (exact) mass is 194 g/mol. The number of aromatic nitrogens is 2. The molecule has 14 heavy (non-hydrogen) atoms. The Bertz CT molecular complexity index is 310. The summed E-state index contributed by atoms with van der Waals surface area (Å²) in [5.41, 5.74) is 5.41. The molecule has 3 N–H and O–H groups in total. The van der Waals surface area contributed by atoms with Gasteiger partial charge in [0.2, 0.25) is 5.91 Å². The first kappa shape index (κ1) is 10.6. The number of nitrogens with zero attached hydrogens (tertiary/aromatic N) is 2. The lowest BCUT2D eigenvalue weighted by Gasteiger charge is -2.21. The fraction of sp³-hybridized carbons (Fsp3) is 0.444. The van der Waals surface area contributed by atoms with Gasteiger partial charge in [-0.15, -0.1) is 0 Å². The minimum Gasteiger partial charge on any atom is -0.368 e. The summed E-state index contributed by atoms with van der Waals surface area (Å²) >= 11 is 0. The molecule has 0 aliphatic carbocycles. The van der Waals surface area contributed by atoms with Crippen LogP contribution in [0.2, 0.25) is 0 Å². The number of carbonyl (C=O) groups excluding carboxylic acids is 1. The number of carbonyl (C=O) groups is 1. The summed E-state index contributed by atoms with van der Waals surface area (Å²) in [6.07, 6.45) is 4.84. The smallest absolute Gasteiger partial charge is 0.237 e. The molecular formula is C9H14N4O. The lowest BCUT2D eigenvalue weighted by molar-refractivity contribution is -0.123. The topological polar surface area (TPSA) is 80.9 Å². The van der Waals surface area contributed by atoms with E-state index in [0.717, 1.165) is 5.56 Å². The van der Waals surface area contributed by atoms with E-state index in [-0.39, 0.29) is 5.91 Å². The van der Waals surface area contributed by atoms with Gasteiger partial charge in [0.1, 0.15) is 6.33 Å². The molecule has 0 radical (unpaired) electrons. The molecule has 5 heteroatoms. The molecule has 0 unspecified atom stereocenters. The first-order chi connectivity index (χ1) is 6.52. The van der Waals surface area contributed by atoms with Gasteiger partial charge < -0.3 is 5.73 Å². The van der Waals surface area contributed by atoms with Crippen LogP contribution in [0.15, 0.2) is 18.7 Å². The standard InChI is InChI=1S/C9H14N4O/c1-9(2,8(10)14)13-5-7-3-11-6-12-4-7/h3-4,6,13H,5H2,1-2H3,(H2,10,14). The number of hydrogen-bond acceptors (Lipinski definition) is 4. The lowest BCUT2D eigenvalue weighted by Crippen LogP contribution is -2.50. The number of rotatable bonds is 4. The molecule has 76 valence electrons. The Kier molecular flexibility index (Phi) is 3.14. The van der Waals surface area contributed by atoms with Crippen molar-refractivity contribution in [3.8, 4) is 0 Å². The molecule has 0 saturated carbocycles. The van der Waals surface area contributed by atoms with E-state index in [1.165, 1.54) is 6.33 Å². The van der Waals surface area contributed by atoms with Crippen LogP contribution in [0, 0.1) is 0 Å². The summed E-state index contributed by atoms with van der Waals surface area (Å²) in [7, 11) is 0. The molecule has 0 spiro atoms. The second-order valence-corrected chi connectivity index (χ2v) is 3.59. The zero-order valence-corrected chi connectivity index (χ0v) is 8.32. The Morgan fingerprint density at radius 1 is 1.50 bits per heavy atom. The summed E-state index contributed by atoms with van der Waals surface area (Å²) in [6.45, 7) is 4.00. The van der Waals surface area contributed by atoms with E-state index in [0.29, 0.717) is 6.54 Å². The Morgan fingerprint density at radius 3 is 2.57 bits per heavy atom. The average molecular weight is 194 g/mol. The maximum Gasteiger partial charge on any atom is 0.237 e. The molecule has 1 heterocycles. The maximum absolute atomic E-state index is 11.0. The van der Waals surface area contributed by atoms with E-state index in [1.807, 2.05) is 0 Å². The minimum absolute atomic E-state index is 0.380. The predicted molar refractivity (Wildman–Crippen MR) is 52.1 cm³/mol. The van der Waals surface area contributed by atoms with Gasteiger partial charge in [-0.2, -0.15) is 0 Å². The second-order valence-electron chi connectivity index (χ2n) is 3.59. The van der Waals surface area contributed by atoms with E-state index in [9.17, 15) is 4.79 Å². The van der Waals surface area contributed by atoms with Gasteiger partial charge in [-0.1, -0.05) is 0 Å².